The molecule has 0 unspecified atom stereocenters. The first kappa shape index (κ1) is 17.0. The highest BCUT2D eigenvalue weighted by Gasteiger charge is 2.36. The Balaban J connectivity index is 1.73. The monoisotopic (exact) mass is 406 g/mol. The minimum absolute atomic E-state index is 0.0223. The number of rotatable bonds is 4. The maximum atomic E-state index is 12.6. The van der Waals surface area contributed by atoms with Crippen LogP contribution < -0.4 is 5.32 Å². The van der Waals surface area contributed by atoms with Crippen LogP contribution in [0.4, 0.5) is 5.69 Å². The zero-order chi connectivity index (χ0) is 17.1. The van der Waals surface area contributed by atoms with Crippen molar-refractivity contribution in [1.29, 1.82) is 0 Å². The first-order valence-corrected chi connectivity index (χ1v) is 8.81. The third kappa shape index (κ3) is 3.79. The van der Waals surface area contributed by atoms with E-state index in [-0.39, 0.29) is 11.8 Å². The second-order valence-corrected chi connectivity index (χ2v) is 6.99. The Hall–Kier alpha value is -1.85. The fourth-order valence-electron chi connectivity index (χ4n) is 2.77. The smallest absolute Gasteiger partial charge is 0.247 e. The van der Waals surface area contributed by atoms with Gasteiger partial charge in [0, 0.05) is 28.1 Å². The van der Waals surface area contributed by atoms with E-state index in [2.05, 4.69) is 21.2 Å². The van der Waals surface area contributed by atoms with Gasteiger partial charge < -0.3 is 10.2 Å². The molecule has 1 fully saturated rings. The summed E-state index contributed by atoms with van der Waals surface area (Å²) in [6, 6.07) is 14.2. The summed E-state index contributed by atoms with van der Waals surface area (Å²) in [7, 11) is 0. The quantitative estimate of drug-likeness (QED) is 0.824. The van der Waals surface area contributed by atoms with E-state index in [4.69, 9.17) is 11.6 Å². The van der Waals surface area contributed by atoms with Gasteiger partial charge in [0.25, 0.3) is 0 Å². The predicted molar refractivity (Wildman–Crippen MR) is 97.8 cm³/mol. The van der Waals surface area contributed by atoms with E-state index >= 15 is 0 Å². The second-order valence-electron chi connectivity index (χ2n) is 5.66. The first-order valence-electron chi connectivity index (χ1n) is 7.64. The lowest BCUT2D eigenvalue weighted by Crippen LogP contribution is -2.41. The van der Waals surface area contributed by atoms with Crippen LogP contribution in [0.2, 0.25) is 5.02 Å². The molecule has 124 valence electrons. The van der Waals surface area contributed by atoms with Crippen LogP contribution in [0.5, 0.6) is 0 Å². The molecule has 6 heteroatoms. The number of hydrogen-bond acceptors (Lipinski definition) is 2. The lowest BCUT2D eigenvalue weighted by Gasteiger charge is -2.24. The summed E-state index contributed by atoms with van der Waals surface area (Å²) in [6.07, 6.45) is 0.897. The zero-order valence-corrected chi connectivity index (χ0v) is 15.2. The van der Waals surface area contributed by atoms with E-state index in [0.29, 0.717) is 30.1 Å². The molecule has 4 nitrogen and oxygen atoms in total. The number of likely N-dealkylation sites (tertiary alicyclic amines) is 1. The fraction of sp³-hybridized carbons (Fsp3) is 0.222. The van der Waals surface area contributed by atoms with Crippen LogP contribution in [0.1, 0.15) is 18.4 Å². The summed E-state index contributed by atoms with van der Waals surface area (Å²) in [4.78, 5) is 26.4. The van der Waals surface area contributed by atoms with Gasteiger partial charge in [0.1, 0.15) is 6.04 Å². The summed E-state index contributed by atoms with van der Waals surface area (Å²) in [5, 5.41) is 3.48. The summed E-state index contributed by atoms with van der Waals surface area (Å²) in [5.41, 5.74) is 1.55. The van der Waals surface area contributed by atoms with Crippen molar-refractivity contribution in [3.8, 4) is 0 Å². The molecular formula is C18H16BrClN2O2. The van der Waals surface area contributed by atoms with Crippen molar-refractivity contribution in [1.82, 2.24) is 4.90 Å². The minimum Gasteiger partial charge on any atom is -0.326 e. The van der Waals surface area contributed by atoms with Crippen LogP contribution in [0.15, 0.2) is 53.0 Å². The van der Waals surface area contributed by atoms with Gasteiger partial charge in [-0.3, -0.25) is 9.59 Å². The highest BCUT2D eigenvalue weighted by atomic mass is 79.9. The Labute approximate surface area is 153 Å². The maximum absolute atomic E-state index is 12.6. The Morgan fingerprint density at radius 2 is 1.92 bits per heavy atom. The molecule has 1 N–H and O–H groups in total. The second kappa shape index (κ2) is 7.36. The van der Waals surface area contributed by atoms with Crippen molar-refractivity contribution in [3.05, 3.63) is 63.6 Å². The summed E-state index contributed by atoms with van der Waals surface area (Å²) in [6.45, 7) is 0.344. The Morgan fingerprint density at radius 1 is 1.21 bits per heavy atom. The normalized spacial score (nSPS) is 17.2. The Kier molecular flexibility index (Phi) is 5.21. The van der Waals surface area contributed by atoms with Gasteiger partial charge in [-0.1, -0.05) is 45.7 Å². The van der Waals surface area contributed by atoms with Gasteiger partial charge in [-0.25, -0.2) is 0 Å². The molecule has 1 atom stereocenters. The van der Waals surface area contributed by atoms with Crippen LogP contribution >= 0.6 is 27.5 Å². The number of amides is 2. The Bertz CT molecular complexity index is 764. The standard InChI is InChI=1S/C18H16BrClN2O2/c19-13-5-7-14(8-6-13)21-18(24)16-9-10-17(23)22(16)11-12-3-1-2-4-15(12)20/h1-8,16H,9-11H2,(H,21,24)/t16-/m1/s1. The van der Waals surface area contributed by atoms with Crippen molar-refractivity contribution in [3.63, 3.8) is 0 Å². The number of carbonyl (C=O) groups is 2. The van der Waals surface area contributed by atoms with Gasteiger partial charge in [-0.05, 0) is 42.3 Å². The Morgan fingerprint density at radius 3 is 2.62 bits per heavy atom. The van der Waals surface area contributed by atoms with Crippen LogP contribution in [-0.4, -0.2) is 22.8 Å². The molecule has 0 aliphatic carbocycles. The van der Waals surface area contributed by atoms with Gasteiger partial charge >= 0.3 is 0 Å². The van der Waals surface area contributed by atoms with Gasteiger partial charge in [0.2, 0.25) is 11.8 Å². The molecule has 1 heterocycles. The van der Waals surface area contributed by atoms with Crippen LogP contribution in [-0.2, 0) is 16.1 Å². The number of hydrogen-bond donors (Lipinski definition) is 1. The molecule has 3 rings (SSSR count). The molecular weight excluding hydrogens is 392 g/mol. The minimum atomic E-state index is -0.475. The average Bonchev–Trinajstić information content (AvgIpc) is 2.93. The topological polar surface area (TPSA) is 49.4 Å². The van der Waals surface area contributed by atoms with E-state index in [1.165, 1.54) is 0 Å². The van der Waals surface area contributed by atoms with Crippen LogP contribution in [0.25, 0.3) is 0 Å². The maximum Gasteiger partial charge on any atom is 0.247 e. The molecule has 0 bridgehead atoms. The molecule has 0 aromatic heterocycles. The number of carbonyl (C=O) groups excluding carboxylic acids is 2. The molecule has 1 aliphatic heterocycles. The lowest BCUT2D eigenvalue weighted by molar-refractivity contribution is -0.133. The zero-order valence-electron chi connectivity index (χ0n) is 12.8. The van der Waals surface area contributed by atoms with E-state index in [9.17, 15) is 9.59 Å². The first-order chi connectivity index (χ1) is 11.5. The summed E-state index contributed by atoms with van der Waals surface area (Å²) in [5.74, 6) is -0.193. The highest BCUT2D eigenvalue weighted by Crippen LogP contribution is 2.26. The van der Waals surface area contributed by atoms with E-state index < -0.39 is 6.04 Å². The number of nitrogens with one attached hydrogen (secondary N) is 1. The molecule has 1 aliphatic rings. The SMILES string of the molecule is O=C(Nc1ccc(Br)cc1)[C@H]1CCC(=O)N1Cc1ccccc1Cl. The number of benzene rings is 2. The molecule has 0 spiro atoms. The van der Waals surface area contributed by atoms with Gasteiger partial charge in [0.05, 0.1) is 0 Å². The van der Waals surface area contributed by atoms with Gasteiger partial charge in [-0.2, -0.15) is 0 Å². The molecule has 2 amide bonds. The number of halogens is 2. The number of anilines is 1. The number of nitrogens with zero attached hydrogens (tertiary/aromatic N) is 1. The van der Waals surface area contributed by atoms with Crippen molar-refractivity contribution in [2.75, 3.05) is 5.32 Å². The van der Waals surface area contributed by atoms with E-state index in [0.717, 1.165) is 10.0 Å². The molecule has 0 saturated carbocycles. The van der Waals surface area contributed by atoms with Gasteiger partial charge in [0.15, 0.2) is 0 Å². The predicted octanol–water partition coefficient (Wildman–Crippen LogP) is 4.23. The summed E-state index contributed by atoms with van der Waals surface area (Å²) >= 11 is 9.54. The van der Waals surface area contributed by atoms with Crippen molar-refractivity contribution in [2.24, 2.45) is 0 Å². The summed E-state index contributed by atoms with van der Waals surface area (Å²) < 4.78 is 0.942. The fourth-order valence-corrected chi connectivity index (χ4v) is 3.23. The molecule has 0 radical (unpaired) electrons. The molecule has 2 aromatic carbocycles. The van der Waals surface area contributed by atoms with Crippen molar-refractivity contribution in [2.45, 2.75) is 25.4 Å². The molecule has 24 heavy (non-hydrogen) atoms. The van der Waals surface area contributed by atoms with E-state index in [1.54, 1.807) is 11.0 Å². The third-order valence-corrected chi connectivity index (χ3v) is 4.94. The highest BCUT2D eigenvalue weighted by molar-refractivity contribution is 9.10. The molecule has 2 aromatic rings. The molecule has 1 saturated heterocycles. The van der Waals surface area contributed by atoms with Crippen LogP contribution in [0, 0.1) is 0 Å². The van der Waals surface area contributed by atoms with Crippen molar-refractivity contribution < 1.29 is 9.59 Å². The largest absolute Gasteiger partial charge is 0.326 e. The average molecular weight is 408 g/mol. The lowest BCUT2D eigenvalue weighted by atomic mass is 10.1. The van der Waals surface area contributed by atoms with Crippen molar-refractivity contribution >= 4 is 45.0 Å². The van der Waals surface area contributed by atoms with E-state index in [1.807, 2.05) is 42.5 Å². The van der Waals surface area contributed by atoms with Gasteiger partial charge in [-0.15, -0.1) is 0 Å². The van der Waals surface area contributed by atoms with Crippen LogP contribution in [0.3, 0.4) is 0 Å². The third-order valence-electron chi connectivity index (χ3n) is 4.04.